The summed E-state index contributed by atoms with van der Waals surface area (Å²) in [6.07, 6.45) is 0. The molecule has 2 aromatic heterocycles. The molecule has 100 valence electrons. The molecule has 0 aliphatic carbocycles. The largest absolute Gasteiger partial charge is 0.437 e. The van der Waals surface area contributed by atoms with Crippen molar-refractivity contribution in [2.45, 2.75) is 6.54 Å². The molecule has 0 aliphatic rings. The van der Waals surface area contributed by atoms with Crippen molar-refractivity contribution in [1.29, 1.82) is 0 Å². The number of hydrogen-bond donors (Lipinski definition) is 0. The Balaban J connectivity index is 1.85. The summed E-state index contributed by atoms with van der Waals surface area (Å²) in [6.45, 7) is -0.127. The summed E-state index contributed by atoms with van der Waals surface area (Å²) in [4.78, 5) is 24.5. The normalized spacial score (nSPS) is 10.6. The van der Waals surface area contributed by atoms with Gasteiger partial charge in [-0.05, 0) is 11.4 Å². The number of benzene rings is 1. The summed E-state index contributed by atoms with van der Waals surface area (Å²) in [6, 6.07) is 12.4. The molecule has 0 saturated heterocycles. The van der Waals surface area contributed by atoms with E-state index in [4.69, 9.17) is 4.42 Å². The summed E-state index contributed by atoms with van der Waals surface area (Å²) in [5.74, 6) is -0.567. The van der Waals surface area contributed by atoms with E-state index in [0.29, 0.717) is 5.56 Å². The minimum absolute atomic E-state index is 0.127. The monoisotopic (exact) mass is 286 g/mol. The molecule has 3 rings (SSSR count). The molecule has 0 N–H and O–H groups in total. The zero-order chi connectivity index (χ0) is 13.9. The number of rotatable bonds is 4. The van der Waals surface area contributed by atoms with Crippen molar-refractivity contribution < 1.29 is 9.21 Å². The first-order valence-corrected chi connectivity index (χ1v) is 6.82. The van der Waals surface area contributed by atoms with Crippen LogP contribution >= 0.6 is 11.3 Å². The van der Waals surface area contributed by atoms with Crippen molar-refractivity contribution in [3.05, 3.63) is 64.0 Å². The summed E-state index contributed by atoms with van der Waals surface area (Å²) in [5, 5.41) is 5.91. The smallest absolute Gasteiger partial charge is 0.387 e. The number of aromatic nitrogens is 2. The van der Waals surface area contributed by atoms with E-state index < -0.39 is 5.76 Å². The maximum Gasteiger partial charge on any atom is 0.437 e. The molecule has 0 unspecified atom stereocenters. The van der Waals surface area contributed by atoms with Gasteiger partial charge in [0.05, 0.1) is 4.88 Å². The number of carbonyl (C=O) groups excluding carboxylic acids is 1. The molecule has 0 saturated carbocycles. The van der Waals surface area contributed by atoms with Crippen molar-refractivity contribution in [3.8, 4) is 10.8 Å². The molecular formula is C14H10N2O3S. The van der Waals surface area contributed by atoms with Gasteiger partial charge in [-0.3, -0.25) is 4.79 Å². The van der Waals surface area contributed by atoms with Gasteiger partial charge in [-0.2, -0.15) is 4.68 Å². The molecule has 20 heavy (non-hydrogen) atoms. The molecule has 0 fully saturated rings. The first kappa shape index (κ1) is 12.6. The van der Waals surface area contributed by atoms with Crippen molar-refractivity contribution in [1.82, 2.24) is 9.78 Å². The molecule has 0 amide bonds. The van der Waals surface area contributed by atoms with E-state index in [-0.39, 0.29) is 18.2 Å². The van der Waals surface area contributed by atoms with E-state index in [0.717, 1.165) is 9.56 Å². The minimum Gasteiger partial charge on any atom is -0.387 e. The van der Waals surface area contributed by atoms with Crippen LogP contribution in [-0.4, -0.2) is 15.6 Å². The van der Waals surface area contributed by atoms with Gasteiger partial charge in [0, 0.05) is 5.56 Å². The Morgan fingerprint density at radius 2 is 2.00 bits per heavy atom. The van der Waals surface area contributed by atoms with E-state index in [9.17, 15) is 9.59 Å². The van der Waals surface area contributed by atoms with Crippen molar-refractivity contribution in [2.75, 3.05) is 0 Å². The van der Waals surface area contributed by atoms with Gasteiger partial charge in [0.15, 0.2) is 5.78 Å². The Bertz CT molecular complexity index is 772. The molecule has 0 aliphatic heterocycles. The standard InChI is InChI=1S/C14H10N2O3S/c17-11(10-5-2-1-3-6-10)9-16-14(18)19-13(15-16)12-7-4-8-20-12/h1-8H,9H2. The van der Waals surface area contributed by atoms with Gasteiger partial charge in [-0.1, -0.05) is 36.4 Å². The van der Waals surface area contributed by atoms with Gasteiger partial charge in [0.2, 0.25) is 0 Å². The number of ketones is 1. The van der Waals surface area contributed by atoms with Gasteiger partial charge in [0.1, 0.15) is 6.54 Å². The minimum atomic E-state index is -0.627. The lowest BCUT2D eigenvalue weighted by molar-refractivity contribution is 0.0965. The third-order valence-electron chi connectivity index (χ3n) is 2.73. The SMILES string of the molecule is O=C(Cn1nc(-c2cccs2)oc1=O)c1ccccc1. The van der Waals surface area contributed by atoms with E-state index in [1.807, 2.05) is 17.5 Å². The topological polar surface area (TPSA) is 65.1 Å². The van der Waals surface area contributed by atoms with Crippen molar-refractivity contribution in [3.63, 3.8) is 0 Å². The Hall–Kier alpha value is -2.47. The fraction of sp³-hybridized carbons (Fsp3) is 0.0714. The number of Topliss-reactive ketones (excluding diaryl/α,β-unsaturated/α-hetero) is 1. The molecule has 0 radical (unpaired) electrons. The van der Waals surface area contributed by atoms with Crippen LogP contribution in [0.3, 0.4) is 0 Å². The number of thiophene rings is 1. The van der Waals surface area contributed by atoms with E-state index in [1.54, 1.807) is 30.3 Å². The van der Waals surface area contributed by atoms with E-state index >= 15 is 0 Å². The van der Waals surface area contributed by atoms with Crippen LogP contribution in [0.1, 0.15) is 10.4 Å². The molecule has 0 atom stereocenters. The predicted molar refractivity (Wildman–Crippen MR) is 74.8 cm³/mol. The highest BCUT2D eigenvalue weighted by molar-refractivity contribution is 7.13. The van der Waals surface area contributed by atoms with Crippen LogP contribution < -0.4 is 5.76 Å². The van der Waals surface area contributed by atoms with Gasteiger partial charge in [-0.25, -0.2) is 4.79 Å². The number of nitrogens with zero attached hydrogens (tertiary/aromatic N) is 2. The van der Waals surface area contributed by atoms with Crippen LogP contribution in [0, 0.1) is 0 Å². The molecular weight excluding hydrogens is 276 g/mol. The summed E-state index contributed by atoms with van der Waals surface area (Å²) >= 11 is 1.42. The summed E-state index contributed by atoms with van der Waals surface area (Å²) in [7, 11) is 0. The third kappa shape index (κ3) is 2.46. The molecule has 6 heteroatoms. The molecule has 0 spiro atoms. The highest BCUT2D eigenvalue weighted by Crippen LogP contribution is 2.21. The lowest BCUT2D eigenvalue weighted by atomic mass is 10.1. The van der Waals surface area contributed by atoms with E-state index in [2.05, 4.69) is 5.10 Å². The molecule has 1 aromatic carbocycles. The maximum absolute atomic E-state index is 12.0. The molecule has 3 aromatic rings. The molecule has 2 heterocycles. The second-order valence-corrected chi connectivity index (χ2v) is 5.04. The van der Waals surface area contributed by atoms with Crippen molar-refractivity contribution in [2.24, 2.45) is 0 Å². The lowest BCUT2D eigenvalue weighted by Gasteiger charge is -1.98. The summed E-state index contributed by atoms with van der Waals surface area (Å²) in [5.41, 5.74) is 0.542. The molecule has 5 nitrogen and oxygen atoms in total. The number of carbonyl (C=O) groups is 1. The third-order valence-corrected chi connectivity index (χ3v) is 3.59. The lowest BCUT2D eigenvalue weighted by Crippen LogP contribution is -2.21. The van der Waals surface area contributed by atoms with Crippen LogP contribution in [0.4, 0.5) is 0 Å². The highest BCUT2D eigenvalue weighted by Gasteiger charge is 2.14. The van der Waals surface area contributed by atoms with Crippen molar-refractivity contribution >= 4 is 17.1 Å². The quantitative estimate of drug-likeness (QED) is 0.691. The fourth-order valence-corrected chi connectivity index (χ4v) is 2.40. The predicted octanol–water partition coefficient (Wildman–Crippen LogP) is 2.45. The second kappa shape index (κ2) is 5.26. The Kier molecular flexibility index (Phi) is 3.30. The molecule has 0 bridgehead atoms. The highest BCUT2D eigenvalue weighted by atomic mass is 32.1. The van der Waals surface area contributed by atoms with Gasteiger partial charge < -0.3 is 4.42 Å². The second-order valence-electron chi connectivity index (χ2n) is 4.10. The number of hydrogen-bond acceptors (Lipinski definition) is 5. The van der Waals surface area contributed by atoms with Gasteiger partial charge in [-0.15, -0.1) is 16.4 Å². The van der Waals surface area contributed by atoms with Crippen LogP contribution in [0.25, 0.3) is 10.8 Å². The zero-order valence-corrected chi connectivity index (χ0v) is 11.2. The van der Waals surface area contributed by atoms with Crippen LogP contribution in [0.5, 0.6) is 0 Å². The Morgan fingerprint density at radius 3 is 2.70 bits per heavy atom. The summed E-state index contributed by atoms with van der Waals surface area (Å²) < 4.78 is 6.10. The Morgan fingerprint density at radius 1 is 1.20 bits per heavy atom. The average Bonchev–Trinajstić information content (AvgIpc) is 3.10. The van der Waals surface area contributed by atoms with E-state index in [1.165, 1.54) is 11.3 Å². The zero-order valence-electron chi connectivity index (χ0n) is 10.4. The first-order chi connectivity index (χ1) is 9.74. The first-order valence-electron chi connectivity index (χ1n) is 5.94. The fourth-order valence-electron chi connectivity index (χ4n) is 1.76. The van der Waals surface area contributed by atoms with Gasteiger partial charge >= 0.3 is 5.76 Å². The van der Waals surface area contributed by atoms with Crippen LogP contribution in [0.15, 0.2) is 57.1 Å². The van der Waals surface area contributed by atoms with Crippen LogP contribution in [0.2, 0.25) is 0 Å². The Labute approximate surface area is 118 Å². The average molecular weight is 286 g/mol. The van der Waals surface area contributed by atoms with Gasteiger partial charge in [0.25, 0.3) is 5.89 Å². The van der Waals surface area contributed by atoms with Crippen LogP contribution in [-0.2, 0) is 6.54 Å². The maximum atomic E-state index is 12.0.